The summed E-state index contributed by atoms with van der Waals surface area (Å²) in [6.45, 7) is 4.02. The van der Waals surface area contributed by atoms with Crippen LogP contribution in [0.5, 0.6) is 0 Å². The van der Waals surface area contributed by atoms with E-state index < -0.39 is 0 Å². The minimum absolute atomic E-state index is 0.0989. The minimum atomic E-state index is -0.0989. The molecule has 0 radical (unpaired) electrons. The highest BCUT2D eigenvalue weighted by Gasteiger charge is 2.13. The normalized spacial score (nSPS) is 12.2. The average Bonchev–Trinajstić information content (AvgIpc) is 2.88. The lowest BCUT2D eigenvalue weighted by molar-refractivity contribution is 0.0821. The Bertz CT molecular complexity index is 643. The molecule has 0 aliphatic rings. The van der Waals surface area contributed by atoms with Crippen LogP contribution in [-0.2, 0) is 6.42 Å². The van der Waals surface area contributed by atoms with Gasteiger partial charge in [-0.15, -0.1) is 0 Å². The fourth-order valence-electron chi connectivity index (χ4n) is 2.20. The van der Waals surface area contributed by atoms with Crippen molar-refractivity contribution in [1.82, 2.24) is 14.7 Å². The SMILES string of the molecule is Cc1ccc(CC(C)N)cc1-n1ccc(C(=O)N(C)C)n1. The van der Waals surface area contributed by atoms with Crippen LogP contribution < -0.4 is 5.73 Å². The van der Waals surface area contributed by atoms with Crippen molar-refractivity contribution in [2.24, 2.45) is 5.73 Å². The van der Waals surface area contributed by atoms with Crippen LogP contribution in [0.4, 0.5) is 0 Å². The molecule has 5 nitrogen and oxygen atoms in total. The molecule has 1 aromatic carbocycles. The monoisotopic (exact) mass is 286 g/mol. The molecule has 112 valence electrons. The summed E-state index contributed by atoms with van der Waals surface area (Å²) in [5, 5.41) is 4.38. The Morgan fingerprint density at radius 1 is 1.38 bits per heavy atom. The fourth-order valence-corrected chi connectivity index (χ4v) is 2.20. The number of benzene rings is 1. The summed E-state index contributed by atoms with van der Waals surface area (Å²) in [4.78, 5) is 13.4. The number of aryl methyl sites for hydroxylation is 1. The molecule has 0 saturated heterocycles. The average molecular weight is 286 g/mol. The summed E-state index contributed by atoms with van der Waals surface area (Å²) >= 11 is 0. The zero-order valence-electron chi connectivity index (χ0n) is 13.0. The highest BCUT2D eigenvalue weighted by molar-refractivity contribution is 5.91. The molecule has 2 rings (SSSR count). The van der Waals surface area contributed by atoms with Crippen molar-refractivity contribution in [1.29, 1.82) is 0 Å². The number of rotatable bonds is 4. The highest BCUT2D eigenvalue weighted by atomic mass is 16.2. The molecule has 0 saturated carbocycles. The lowest BCUT2D eigenvalue weighted by Crippen LogP contribution is -2.22. The Morgan fingerprint density at radius 3 is 2.71 bits per heavy atom. The van der Waals surface area contributed by atoms with Gasteiger partial charge in [0.25, 0.3) is 5.91 Å². The first-order valence-electron chi connectivity index (χ1n) is 7.01. The van der Waals surface area contributed by atoms with Gasteiger partial charge in [-0.1, -0.05) is 12.1 Å². The zero-order valence-corrected chi connectivity index (χ0v) is 13.0. The number of carbonyl (C=O) groups is 1. The van der Waals surface area contributed by atoms with Crippen LogP contribution in [0.3, 0.4) is 0 Å². The third-order valence-electron chi connectivity index (χ3n) is 3.29. The van der Waals surface area contributed by atoms with E-state index in [-0.39, 0.29) is 11.9 Å². The van der Waals surface area contributed by atoms with E-state index in [4.69, 9.17) is 5.73 Å². The van der Waals surface area contributed by atoms with E-state index in [2.05, 4.69) is 23.3 Å². The van der Waals surface area contributed by atoms with Gasteiger partial charge in [-0.05, 0) is 43.5 Å². The van der Waals surface area contributed by atoms with Crippen LogP contribution in [0, 0.1) is 6.92 Å². The summed E-state index contributed by atoms with van der Waals surface area (Å²) in [5.74, 6) is -0.0989. The van der Waals surface area contributed by atoms with Crippen LogP contribution >= 0.6 is 0 Å². The molecule has 21 heavy (non-hydrogen) atoms. The van der Waals surface area contributed by atoms with Crippen molar-refractivity contribution in [2.75, 3.05) is 14.1 Å². The zero-order chi connectivity index (χ0) is 15.6. The Balaban J connectivity index is 2.35. The molecule has 1 atom stereocenters. The van der Waals surface area contributed by atoms with Gasteiger partial charge < -0.3 is 10.6 Å². The largest absolute Gasteiger partial charge is 0.343 e. The van der Waals surface area contributed by atoms with E-state index in [1.807, 2.05) is 20.0 Å². The number of aromatic nitrogens is 2. The summed E-state index contributed by atoms with van der Waals surface area (Å²) in [5.41, 5.74) is 9.55. The lowest BCUT2D eigenvalue weighted by Gasteiger charge is -2.11. The third-order valence-corrected chi connectivity index (χ3v) is 3.29. The topological polar surface area (TPSA) is 64.2 Å². The quantitative estimate of drug-likeness (QED) is 0.931. The molecule has 0 aliphatic carbocycles. The standard InChI is InChI=1S/C16H22N4O/c1-11-5-6-13(9-12(2)17)10-15(11)20-8-7-14(18-20)16(21)19(3)4/h5-8,10,12H,9,17H2,1-4H3. The molecule has 5 heteroatoms. The van der Waals surface area contributed by atoms with E-state index >= 15 is 0 Å². The van der Waals surface area contributed by atoms with Crippen molar-refractivity contribution < 1.29 is 4.79 Å². The summed E-state index contributed by atoms with van der Waals surface area (Å²) in [6.07, 6.45) is 2.63. The molecule has 2 aromatic rings. The van der Waals surface area contributed by atoms with Crippen molar-refractivity contribution in [3.8, 4) is 5.69 Å². The van der Waals surface area contributed by atoms with E-state index in [9.17, 15) is 4.79 Å². The van der Waals surface area contributed by atoms with E-state index in [0.717, 1.165) is 17.7 Å². The maximum atomic E-state index is 11.9. The molecule has 0 spiro atoms. The third kappa shape index (κ3) is 3.49. The van der Waals surface area contributed by atoms with Gasteiger partial charge in [-0.25, -0.2) is 4.68 Å². The van der Waals surface area contributed by atoms with Crippen molar-refractivity contribution in [2.45, 2.75) is 26.3 Å². The number of amides is 1. The van der Waals surface area contributed by atoms with Crippen LogP contribution in [-0.4, -0.2) is 40.7 Å². The number of nitrogens with two attached hydrogens (primary N) is 1. The second-order valence-electron chi connectivity index (χ2n) is 5.65. The Kier molecular flexibility index (Phi) is 4.43. The van der Waals surface area contributed by atoms with Gasteiger partial charge in [0.05, 0.1) is 5.69 Å². The molecular weight excluding hydrogens is 264 g/mol. The smallest absolute Gasteiger partial charge is 0.273 e. The van der Waals surface area contributed by atoms with Crippen LogP contribution in [0.25, 0.3) is 5.69 Å². The number of hydrogen-bond donors (Lipinski definition) is 1. The summed E-state index contributed by atoms with van der Waals surface area (Å²) in [6, 6.07) is 8.07. The Hall–Kier alpha value is -2.14. The maximum absolute atomic E-state index is 11.9. The molecule has 0 fully saturated rings. The van der Waals surface area contributed by atoms with Crippen molar-refractivity contribution >= 4 is 5.91 Å². The van der Waals surface area contributed by atoms with E-state index in [1.165, 1.54) is 10.5 Å². The molecule has 1 heterocycles. The Labute approximate surface area is 125 Å². The van der Waals surface area contributed by atoms with Gasteiger partial charge in [-0.2, -0.15) is 5.10 Å². The van der Waals surface area contributed by atoms with E-state index in [1.54, 1.807) is 24.8 Å². The predicted molar refractivity (Wildman–Crippen MR) is 83.7 cm³/mol. The Morgan fingerprint density at radius 2 is 2.10 bits per heavy atom. The maximum Gasteiger partial charge on any atom is 0.273 e. The molecule has 0 aliphatic heterocycles. The second kappa shape index (κ2) is 6.10. The van der Waals surface area contributed by atoms with Gasteiger partial charge >= 0.3 is 0 Å². The molecule has 2 N–H and O–H groups in total. The second-order valence-corrected chi connectivity index (χ2v) is 5.65. The van der Waals surface area contributed by atoms with E-state index in [0.29, 0.717) is 5.69 Å². The van der Waals surface area contributed by atoms with Gasteiger partial charge in [0.15, 0.2) is 5.69 Å². The van der Waals surface area contributed by atoms with Gasteiger partial charge in [0, 0.05) is 26.3 Å². The summed E-state index contributed by atoms with van der Waals surface area (Å²) < 4.78 is 1.75. The first-order valence-corrected chi connectivity index (χ1v) is 7.01. The van der Waals surface area contributed by atoms with Crippen molar-refractivity contribution in [3.05, 3.63) is 47.3 Å². The first-order chi connectivity index (χ1) is 9.88. The number of hydrogen-bond acceptors (Lipinski definition) is 3. The van der Waals surface area contributed by atoms with Gasteiger partial charge in [-0.3, -0.25) is 4.79 Å². The molecule has 1 aromatic heterocycles. The van der Waals surface area contributed by atoms with Crippen molar-refractivity contribution in [3.63, 3.8) is 0 Å². The highest BCUT2D eigenvalue weighted by Crippen LogP contribution is 2.17. The van der Waals surface area contributed by atoms with Crippen LogP contribution in [0.15, 0.2) is 30.5 Å². The fraction of sp³-hybridized carbons (Fsp3) is 0.375. The number of carbonyl (C=O) groups excluding carboxylic acids is 1. The minimum Gasteiger partial charge on any atom is -0.343 e. The molecule has 0 bridgehead atoms. The first kappa shape index (κ1) is 15.3. The van der Waals surface area contributed by atoms with Gasteiger partial charge in [0.1, 0.15) is 0 Å². The molecule has 1 unspecified atom stereocenters. The predicted octanol–water partition coefficient (Wildman–Crippen LogP) is 1.77. The number of nitrogens with zero attached hydrogens (tertiary/aromatic N) is 3. The van der Waals surface area contributed by atoms with Crippen LogP contribution in [0.2, 0.25) is 0 Å². The van der Waals surface area contributed by atoms with Gasteiger partial charge in [0.2, 0.25) is 0 Å². The lowest BCUT2D eigenvalue weighted by atomic mass is 10.0. The molecular formula is C16H22N4O. The van der Waals surface area contributed by atoms with Crippen LogP contribution in [0.1, 0.15) is 28.5 Å². The molecule has 1 amide bonds. The summed E-state index contributed by atoms with van der Waals surface area (Å²) in [7, 11) is 3.44.